The van der Waals surface area contributed by atoms with E-state index in [0.29, 0.717) is 22.8 Å². The van der Waals surface area contributed by atoms with Gasteiger partial charge < -0.3 is 9.84 Å². The molecule has 0 aliphatic carbocycles. The van der Waals surface area contributed by atoms with E-state index in [1.807, 2.05) is 6.07 Å². The van der Waals surface area contributed by atoms with Gasteiger partial charge in [-0.1, -0.05) is 29.8 Å². The molecule has 0 saturated carbocycles. The Balaban J connectivity index is 2.31. The fourth-order valence-electron chi connectivity index (χ4n) is 2.31. The summed E-state index contributed by atoms with van der Waals surface area (Å²) in [4.78, 5) is 0. The van der Waals surface area contributed by atoms with Crippen molar-refractivity contribution in [3.8, 4) is 5.75 Å². The van der Waals surface area contributed by atoms with Crippen molar-refractivity contribution >= 4 is 27.5 Å². The van der Waals surface area contributed by atoms with Crippen LogP contribution >= 0.6 is 27.5 Å². The average molecular weight is 370 g/mol. The zero-order chi connectivity index (χ0) is 15.6. The molecule has 0 amide bonds. The maximum absolute atomic E-state index is 10.5. The number of methoxy groups -OCH3 is 1. The first kappa shape index (κ1) is 16.3. The molecule has 2 nitrogen and oxygen atoms in total. The summed E-state index contributed by atoms with van der Waals surface area (Å²) in [7, 11) is 1.58. The molecular weight excluding hydrogens is 352 g/mol. The largest absolute Gasteiger partial charge is 0.495 e. The molecule has 1 N–H and O–H groups in total. The third-order valence-corrected chi connectivity index (χ3v) is 4.41. The lowest BCUT2D eigenvalue weighted by Gasteiger charge is -2.17. The normalized spacial score (nSPS) is 12.3. The molecular formula is C17H18BrClO2. The lowest BCUT2D eigenvalue weighted by molar-refractivity contribution is 0.174. The van der Waals surface area contributed by atoms with E-state index in [1.165, 1.54) is 11.1 Å². The van der Waals surface area contributed by atoms with E-state index in [0.717, 1.165) is 10.0 Å². The van der Waals surface area contributed by atoms with Gasteiger partial charge in [0.05, 0.1) is 17.7 Å². The molecule has 0 aliphatic rings. The Morgan fingerprint density at radius 2 is 1.90 bits per heavy atom. The molecule has 0 aliphatic heterocycles. The Bertz CT molecular complexity index is 655. The SMILES string of the molecule is COc1c(Br)cc(Cl)cc1C(O)Cc1ccc(C)c(C)c1. The van der Waals surface area contributed by atoms with Crippen molar-refractivity contribution in [2.75, 3.05) is 7.11 Å². The third kappa shape index (κ3) is 3.79. The van der Waals surface area contributed by atoms with E-state index in [4.69, 9.17) is 16.3 Å². The molecule has 2 rings (SSSR count). The molecule has 0 saturated heterocycles. The molecule has 4 heteroatoms. The Kier molecular flexibility index (Phi) is 5.31. The fourth-order valence-corrected chi connectivity index (χ4v) is 3.30. The highest BCUT2D eigenvalue weighted by molar-refractivity contribution is 9.10. The molecule has 0 bridgehead atoms. The molecule has 0 fully saturated rings. The van der Waals surface area contributed by atoms with Gasteiger partial charge in [0.2, 0.25) is 0 Å². The third-order valence-electron chi connectivity index (χ3n) is 3.60. The first-order valence-corrected chi connectivity index (χ1v) is 7.86. The molecule has 0 heterocycles. The maximum atomic E-state index is 10.5. The van der Waals surface area contributed by atoms with E-state index in [-0.39, 0.29) is 0 Å². The van der Waals surface area contributed by atoms with Crippen molar-refractivity contribution in [1.82, 2.24) is 0 Å². The van der Waals surface area contributed by atoms with Crippen molar-refractivity contribution in [2.24, 2.45) is 0 Å². The molecule has 0 aromatic heterocycles. The molecule has 21 heavy (non-hydrogen) atoms. The Hall–Kier alpha value is -1.03. The van der Waals surface area contributed by atoms with E-state index in [1.54, 1.807) is 19.2 Å². The van der Waals surface area contributed by atoms with Gasteiger partial charge in [-0.05, 0) is 58.6 Å². The Labute approximate surface area is 138 Å². The summed E-state index contributed by atoms with van der Waals surface area (Å²) < 4.78 is 6.11. The molecule has 1 atom stereocenters. The van der Waals surface area contributed by atoms with Crippen LogP contribution in [0.25, 0.3) is 0 Å². The smallest absolute Gasteiger partial charge is 0.138 e. The van der Waals surface area contributed by atoms with E-state index < -0.39 is 6.10 Å². The van der Waals surface area contributed by atoms with Crippen molar-refractivity contribution in [3.05, 3.63) is 62.1 Å². The first-order valence-electron chi connectivity index (χ1n) is 6.69. The minimum Gasteiger partial charge on any atom is -0.495 e. The van der Waals surface area contributed by atoms with E-state index >= 15 is 0 Å². The highest BCUT2D eigenvalue weighted by atomic mass is 79.9. The monoisotopic (exact) mass is 368 g/mol. The second kappa shape index (κ2) is 6.82. The zero-order valence-electron chi connectivity index (χ0n) is 12.3. The summed E-state index contributed by atoms with van der Waals surface area (Å²) in [5, 5.41) is 11.1. The Morgan fingerprint density at radius 1 is 1.19 bits per heavy atom. The van der Waals surface area contributed by atoms with E-state index in [2.05, 4.69) is 41.9 Å². The number of aryl methyl sites for hydroxylation is 2. The quantitative estimate of drug-likeness (QED) is 0.821. The molecule has 0 spiro atoms. The van der Waals surface area contributed by atoms with Gasteiger partial charge in [-0.2, -0.15) is 0 Å². The van der Waals surface area contributed by atoms with Gasteiger partial charge >= 0.3 is 0 Å². The van der Waals surface area contributed by atoms with Crippen LogP contribution in [0.15, 0.2) is 34.8 Å². The summed E-state index contributed by atoms with van der Waals surface area (Å²) in [5.41, 5.74) is 4.24. The van der Waals surface area contributed by atoms with Crippen LogP contribution in [-0.4, -0.2) is 12.2 Å². The second-order valence-electron chi connectivity index (χ2n) is 5.15. The predicted octanol–water partition coefficient (Wildman–Crippen LogP) is 5.00. The number of benzene rings is 2. The fraction of sp³-hybridized carbons (Fsp3) is 0.294. The van der Waals surface area contributed by atoms with Gasteiger partial charge in [-0.25, -0.2) is 0 Å². The lowest BCUT2D eigenvalue weighted by Crippen LogP contribution is -2.05. The van der Waals surface area contributed by atoms with Gasteiger partial charge in [0.25, 0.3) is 0 Å². The van der Waals surface area contributed by atoms with Crippen molar-refractivity contribution in [3.63, 3.8) is 0 Å². The van der Waals surface area contributed by atoms with Crippen LogP contribution in [0, 0.1) is 13.8 Å². The van der Waals surface area contributed by atoms with Gasteiger partial charge in [-0.15, -0.1) is 0 Å². The number of aliphatic hydroxyl groups excluding tert-OH is 1. The Morgan fingerprint density at radius 3 is 2.52 bits per heavy atom. The van der Waals surface area contributed by atoms with Crippen LogP contribution in [0.1, 0.15) is 28.4 Å². The number of hydrogen-bond donors (Lipinski definition) is 1. The molecule has 2 aromatic rings. The van der Waals surface area contributed by atoms with Crippen LogP contribution in [-0.2, 0) is 6.42 Å². The summed E-state index contributed by atoms with van der Waals surface area (Å²) in [6, 6.07) is 9.72. The van der Waals surface area contributed by atoms with Gasteiger partial charge in [0, 0.05) is 17.0 Å². The molecule has 112 valence electrons. The predicted molar refractivity (Wildman–Crippen MR) is 90.3 cm³/mol. The average Bonchev–Trinajstić information content (AvgIpc) is 2.42. The number of aliphatic hydroxyl groups is 1. The number of hydrogen-bond acceptors (Lipinski definition) is 2. The molecule has 0 radical (unpaired) electrons. The van der Waals surface area contributed by atoms with Gasteiger partial charge in [0.1, 0.15) is 5.75 Å². The van der Waals surface area contributed by atoms with Crippen molar-refractivity contribution < 1.29 is 9.84 Å². The van der Waals surface area contributed by atoms with Crippen LogP contribution in [0.4, 0.5) is 0 Å². The van der Waals surface area contributed by atoms with Crippen molar-refractivity contribution in [1.29, 1.82) is 0 Å². The number of rotatable bonds is 4. The van der Waals surface area contributed by atoms with Crippen LogP contribution in [0.5, 0.6) is 5.75 Å². The van der Waals surface area contributed by atoms with Crippen LogP contribution in [0.2, 0.25) is 5.02 Å². The topological polar surface area (TPSA) is 29.5 Å². The maximum Gasteiger partial charge on any atom is 0.138 e. The highest BCUT2D eigenvalue weighted by Gasteiger charge is 2.17. The summed E-state index contributed by atoms with van der Waals surface area (Å²) in [6.07, 6.45) is -0.151. The van der Waals surface area contributed by atoms with Crippen molar-refractivity contribution in [2.45, 2.75) is 26.4 Å². The summed E-state index contributed by atoms with van der Waals surface area (Å²) >= 11 is 9.49. The minimum absolute atomic E-state index is 0.518. The zero-order valence-corrected chi connectivity index (χ0v) is 14.6. The number of ether oxygens (including phenoxy) is 1. The highest BCUT2D eigenvalue weighted by Crippen LogP contribution is 2.37. The number of halogens is 2. The summed E-state index contributed by atoms with van der Waals surface area (Å²) in [5.74, 6) is 0.621. The first-order chi connectivity index (χ1) is 9.92. The van der Waals surface area contributed by atoms with Crippen LogP contribution < -0.4 is 4.74 Å². The second-order valence-corrected chi connectivity index (χ2v) is 6.44. The lowest BCUT2D eigenvalue weighted by atomic mass is 9.98. The minimum atomic E-state index is -0.669. The standard InChI is InChI=1S/C17H18BrClO2/c1-10-4-5-12(6-11(10)2)7-16(20)14-8-13(19)9-15(18)17(14)21-3/h4-6,8-9,16,20H,7H2,1-3H3. The summed E-state index contributed by atoms with van der Waals surface area (Å²) in [6.45, 7) is 4.15. The van der Waals surface area contributed by atoms with Gasteiger partial charge in [0.15, 0.2) is 0 Å². The van der Waals surface area contributed by atoms with Gasteiger partial charge in [-0.3, -0.25) is 0 Å². The van der Waals surface area contributed by atoms with Crippen LogP contribution in [0.3, 0.4) is 0 Å². The molecule has 1 unspecified atom stereocenters. The molecule has 2 aromatic carbocycles. The van der Waals surface area contributed by atoms with E-state index in [9.17, 15) is 5.11 Å².